The smallest absolute Gasteiger partial charge is 0.255 e. The lowest BCUT2D eigenvalue weighted by Crippen LogP contribution is -2.23. The molecule has 106 valence electrons. The minimum atomic E-state index is -0.357. The maximum Gasteiger partial charge on any atom is 0.255 e. The van der Waals surface area contributed by atoms with Crippen molar-refractivity contribution < 1.29 is 14.6 Å². The van der Waals surface area contributed by atoms with Crippen molar-refractivity contribution in [1.29, 1.82) is 0 Å². The van der Waals surface area contributed by atoms with Gasteiger partial charge in [0, 0.05) is 25.4 Å². The molecular formula is C14H17N3O3. The molecule has 1 aromatic carbocycles. The van der Waals surface area contributed by atoms with Gasteiger partial charge >= 0.3 is 0 Å². The molecule has 0 unspecified atom stereocenters. The summed E-state index contributed by atoms with van der Waals surface area (Å²) in [7, 11) is 3.33. The van der Waals surface area contributed by atoms with Gasteiger partial charge in [0.25, 0.3) is 5.91 Å². The molecule has 1 amide bonds. The monoisotopic (exact) mass is 275 g/mol. The second-order valence-electron chi connectivity index (χ2n) is 4.48. The van der Waals surface area contributed by atoms with Crippen LogP contribution in [0.25, 0.3) is 0 Å². The Morgan fingerprint density at radius 2 is 2.25 bits per heavy atom. The number of nitrogens with one attached hydrogen (secondary N) is 1. The van der Waals surface area contributed by atoms with Crippen LogP contribution in [-0.4, -0.2) is 27.9 Å². The molecule has 0 aliphatic rings. The number of amides is 1. The molecule has 2 rings (SSSR count). The van der Waals surface area contributed by atoms with Crippen LogP contribution < -0.4 is 10.1 Å². The lowest BCUT2D eigenvalue weighted by molar-refractivity contribution is 0.0948. The Balaban J connectivity index is 2.10. The molecule has 0 spiro atoms. The molecule has 6 nitrogen and oxygen atoms in total. The molecule has 0 saturated carbocycles. The van der Waals surface area contributed by atoms with Gasteiger partial charge in [-0.3, -0.25) is 9.48 Å². The van der Waals surface area contributed by atoms with Crippen LogP contribution in [0.5, 0.6) is 11.5 Å². The second-order valence-corrected chi connectivity index (χ2v) is 4.48. The van der Waals surface area contributed by atoms with E-state index in [9.17, 15) is 9.90 Å². The van der Waals surface area contributed by atoms with Gasteiger partial charge in [0.05, 0.1) is 18.4 Å². The molecular weight excluding hydrogens is 258 g/mol. The summed E-state index contributed by atoms with van der Waals surface area (Å²) in [5.74, 6) is 0.0846. The van der Waals surface area contributed by atoms with E-state index in [2.05, 4.69) is 10.4 Å². The predicted octanol–water partition coefficient (Wildman–Crippen LogP) is 1.37. The SMILES string of the molecule is COc1ccc(O)c(C(=O)NCc2cn(C)nc2C)c1. The first-order valence-corrected chi connectivity index (χ1v) is 6.15. The molecule has 0 aliphatic heterocycles. The van der Waals surface area contributed by atoms with E-state index >= 15 is 0 Å². The van der Waals surface area contributed by atoms with Crippen LogP contribution in [-0.2, 0) is 13.6 Å². The molecule has 0 atom stereocenters. The Morgan fingerprint density at radius 3 is 2.85 bits per heavy atom. The summed E-state index contributed by atoms with van der Waals surface area (Å²) in [6.45, 7) is 2.24. The number of rotatable bonds is 4. The Bertz CT molecular complexity index is 635. The fourth-order valence-electron chi connectivity index (χ4n) is 1.92. The fourth-order valence-corrected chi connectivity index (χ4v) is 1.92. The summed E-state index contributed by atoms with van der Waals surface area (Å²) in [5, 5.41) is 16.7. The van der Waals surface area contributed by atoms with E-state index in [1.165, 1.54) is 19.2 Å². The number of carbonyl (C=O) groups is 1. The molecule has 1 aromatic heterocycles. The minimum Gasteiger partial charge on any atom is -0.507 e. The second kappa shape index (κ2) is 5.64. The lowest BCUT2D eigenvalue weighted by Gasteiger charge is -2.08. The Labute approximate surface area is 117 Å². The lowest BCUT2D eigenvalue weighted by atomic mass is 10.1. The maximum atomic E-state index is 12.1. The quantitative estimate of drug-likeness (QED) is 0.883. The standard InChI is InChI=1S/C14H17N3O3/c1-9-10(8-17(2)16-9)7-15-14(19)12-6-11(20-3)4-5-13(12)18/h4-6,8,18H,7H2,1-3H3,(H,15,19). The van der Waals surface area contributed by atoms with E-state index < -0.39 is 0 Å². The Hall–Kier alpha value is -2.50. The van der Waals surface area contributed by atoms with E-state index in [1.807, 2.05) is 20.2 Å². The summed E-state index contributed by atoms with van der Waals surface area (Å²) >= 11 is 0. The number of hydrogen-bond acceptors (Lipinski definition) is 4. The first-order chi connectivity index (χ1) is 9.51. The van der Waals surface area contributed by atoms with Crippen LogP contribution in [0.1, 0.15) is 21.6 Å². The van der Waals surface area contributed by atoms with E-state index in [4.69, 9.17) is 4.74 Å². The number of benzene rings is 1. The van der Waals surface area contributed by atoms with Gasteiger partial charge in [-0.25, -0.2) is 0 Å². The molecule has 20 heavy (non-hydrogen) atoms. The number of phenols is 1. The zero-order valence-electron chi connectivity index (χ0n) is 11.7. The molecule has 0 radical (unpaired) electrons. The maximum absolute atomic E-state index is 12.1. The Morgan fingerprint density at radius 1 is 1.50 bits per heavy atom. The molecule has 0 fully saturated rings. The number of carbonyl (C=O) groups excluding carboxylic acids is 1. The highest BCUT2D eigenvalue weighted by Gasteiger charge is 2.13. The van der Waals surface area contributed by atoms with Gasteiger partial charge < -0.3 is 15.2 Å². The zero-order valence-corrected chi connectivity index (χ0v) is 11.7. The highest BCUT2D eigenvalue weighted by molar-refractivity contribution is 5.97. The third-order valence-corrected chi connectivity index (χ3v) is 3.00. The summed E-state index contributed by atoms with van der Waals surface area (Å²) in [6, 6.07) is 4.53. The number of aryl methyl sites for hydroxylation is 2. The van der Waals surface area contributed by atoms with Crippen molar-refractivity contribution in [3.05, 3.63) is 41.2 Å². The largest absolute Gasteiger partial charge is 0.507 e. The number of ether oxygens (including phenoxy) is 1. The van der Waals surface area contributed by atoms with Crippen LogP contribution in [0.3, 0.4) is 0 Å². The number of aromatic nitrogens is 2. The highest BCUT2D eigenvalue weighted by atomic mass is 16.5. The van der Waals surface area contributed by atoms with Crippen molar-refractivity contribution in [2.24, 2.45) is 7.05 Å². The normalized spacial score (nSPS) is 10.3. The first-order valence-electron chi connectivity index (χ1n) is 6.15. The van der Waals surface area contributed by atoms with Crippen LogP contribution in [0.2, 0.25) is 0 Å². The number of phenolic OH excluding ortho intramolecular Hbond substituents is 1. The van der Waals surface area contributed by atoms with Crippen LogP contribution >= 0.6 is 0 Å². The number of methoxy groups -OCH3 is 1. The number of aromatic hydroxyl groups is 1. The van der Waals surface area contributed by atoms with Crippen molar-refractivity contribution in [2.75, 3.05) is 7.11 Å². The van der Waals surface area contributed by atoms with Gasteiger partial charge in [-0.15, -0.1) is 0 Å². The Kier molecular flexibility index (Phi) is 3.93. The van der Waals surface area contributed by atoms with Gasteiger partial charge in [0.15, 0.2) is 0 Å². The third kappa shape index (κ3) is 2.90. The molecule has 2 aromatic rings. The van der Waals surface area contributed by atoms with E-state index in [0.29, 0.717) is 12.3 Å². The third-order valence-electron chi connectivity index (χ3n) is 3.00. The average molecular weight is 275 g/mol. The van der Waals surface area contributed by atoms with Gasteiger partial charge in [-0.1, -0.05) is 0 Å². The van der Waals surface area contributed by atoms with Gasteiger partial charge in [-0.2, -0.15) is 5.10 Å². The molecule has 6 heteroatoms. The van der Waals surface area contributed by atoms with Gasteiger partial charge in [0.2, 0.25) is 0 Å². The highest BCUT2D eigenvalue weighted by Crippen LogP contribution is 2.22. The predicted molar refractivity (Wildman–Crippen MR) is 73.8 cm³/mol. The van der Waals surface area contributed by atoms with Crippen molar-refractivity contribution in [3.8, 4) is 11.5 Å². The molecule has 0 bridgehead atoms. The van der Waals surface area contributed by atoms with Crippen molar-refractivity contribution in [3.63, 3.8) is 0 Å². The van der Waals surface area contributed by atoms with Crippen LogP contribution in [0, 0.1) is 6.92 Å². The van der Waals surface area contributed by atoms with Gasteiger partial charge in [-0.05, 0) is 25.1 Å². The minimum absolute atomic E-state index is 0.0776. The van der Waals surface area contributed by atoms with E-state index in [0.717, 1.165) is 11.3 Å². The molecule has 0 aliphatic carbocycles. The summed E-state index contributed by atoms with van der Waals surface area (Å²) in [6.07, 6.45) is 1.85. The van der Waals surface area contributed by atoms with E-state index in [-0.39, 0.29) is 17.2 Å². The molecule has 2 N–H and O–H groups in total. The topological polar surface area (TPSA) is 76.4 Å². The number of hydrogen-bond donors (Lipinski definition) is 2. The summed E-state index contributed by atoms with van der Waals surface area (Å²) < 4.78 is 6.74. The summed E-state index contributed by atoms with van der Waals surface area (Å²) in [5.41, 5.74) is 1.98. The molecule has 1 heterocycles. The van der Waals surface area contributed by atoms with Gasteiger partial charge in [0.1, 0.15) is 11.5 Å². The van der Waals surface area contributed by atoms with Crippen molar-refractivity contribution in [1.82, 2.24) is 15.1 Å². The van der Waals surface area contributed by atoms with E-state index in [1.54, 1.807) is 10.7 Å². The summed E-state index contributed by atoms with van der Waals surface area (Å²) in [4.78, 5) is 12.1. The van der Waals surface area contributed by atoms with Crippen LogP contribution in [0.4, 0.5) is 0 Å². The van der Waals surface area contributed by atoms with Crippen molar-refractivity contribution in [2.45, 2.75) is 13.5 Å². The average Bonchev–Trinajstić information content (AvgIpc) is 2.75. The number of nitrogens with zero attached hydrogens (tertiary/aromatic N) is 2. The van der Waals surface area contributed by atoms with Crippen molar-refractivity contribution >= 4 is 5.91 Å². The zero-order chi connectivity index (χ0) is 14.7. The molecule has 0 saturated heterocycles. The first kappa shape index (κ1) is 13.9. The fraction of sp³-hybridized carbons (Fsp3) is 0.286. The van der Waals surface area contributed by atoms with Crippen LogP contribution in [0.15, 0.2) is 24.4 Å².